The van der Waals surface area contributed by atoms with E-state index in [-0.39, 0.29) is 18.0 Å². The van der Waals surface area contributed by atoms with Crippen molar-refractivity contribution in [3.63, 3.8) is 0 Å². The molecule has 0 saturated carbocycles. The third-order valence-electron chi connectivity index (χ3n) is 13.2. The van der Waals surface area contributed by atoms with Gasteiger partial charge in [-0.3, -0.25) is 9.69 Å². The lowest BCUT2D eigenvalue weighted by atomic mass is 9.89. The summed E-state index contributed by atoms with van der Waals surface area (Å²) in [7, 11) is 2.21. The molecule has 0 radical (unpaired) electrons. The molecule has 8 heteroatoms. The monoisotopic (exact) mass is 821 g/mol. The van der Waals surface area contributed by atoms with Crippen LogP contribution in [0.1, 0.15) is 190 Å². The van der Waals surface area contributed by atoms with E-state index in [1.54, 1.807) is 0 Å². The third kappa shape index (κ3) is 25.0. The molecular formula is C50H96N2O6. The number of aldehydes is 1. The van der Waals surface area contributed by atoms with E-state index in [1.807, 2.05) is 0 Å². The van der Waals surface area contributed by atoms with Gasteiger partial charge in [-0.05, 0) is 81.1 Å². The zero-order chi connectivity index (χ0) is 42.6. The zero-order valence-corrected chi connectivity index (χ0v) is 39.8. The molecule has 2 saturated heterocycles. The summed E-state index contributed by atoms with van der Waals surface area (Å²) in [6, 6.07) is 0. The summed E-state index contributed by atoms with van der Waals surface area (Å²) in [5, 5.41) is 0. The Kier molecular flexibility index (Phi) is 29.0. The van der Waals surface area contributed by atoms with Crippen LogP contribution in [0.3, 0.4) is 0 Å². The van der Waals surface area contributed by atoms with Gasteiger partial charge < -0.3 is 28.6 Å². The number of carbonyl (C=O) groups is 2. The summed E-state index contributed by atoms with van der Waals surface area (Å²) in [4.78, 5) is 29.1. The molecule has 5 atom stereocenters. The Labute approximate surface area is 359 Å². The largest absolute Gasteiger partial charge is 0.465 e. The van der Waals surface area contributed by atoms with Gasteiger partial charge in [-0.15, -0.1) is 0 Å². The lowest BCUT2D eigenvalue weighted by Crippen LogP contribution is -2.47. The number of likely N-dealkylation sites (N-methyl/N-ethyl adjacent to an activating group) is 1. The normalized spacial score (nSPS) is 21.1. The summed E-state index contributed by atoms with van der Waals surface area (Å²) < 4.78 is 25.2. The SMILES string of the molecule is CC(C)CCC(COCC(C=O)CCCCCCCCC1(CCCCCCCCCC(=O)OCC(CCC(C)C)C(C)C)OCC(CN2CCN(C)CC2)O1)C(C)C. The first-order valence-electron chi connectivity index (χ1n) is 24.7. The van der Waals surface area contributed by atoms with E-state index >= 15 is 0 Å². The van der Waals surface area contributed by atoms with Crippen LogP contribution in [0.2, 0.25) is 0 Å². The lowest BCUT2D eigenvalue weighted by molar-refractivity contribution is -0.181. The van der Waals surface area contributed by atoms with E-state index in [2.05, 4.69) is 72.2 Å². The molecule has 58 heavy (non-hydrogen) atoms. The molecule has 2 aliphatic rings. The molecule has 2 rings (SSSR count). The fourth-order valence-corrected chi connectivity index (χ4v) is 8.61. The first-order valence-corrected chi connectivity index (χ1v) is 24.7. The van der Waals surface area contributed by atoms with Crippen molar-refractivity contribution in [2.24, 2.45) is 41.4 Å². The number of hydrogen-bond acceptors (Lipinski definition) is 8. The highest BCUT2D eigenvalue weighted by Gasteiger charge is 2.41. The Bertz CT molecular complexity index is 1010. The van der Waals surface area contributed by atoms with Gasteiger partial charge >= 0.3 is 5.97 Å². The van der Waals surface area contributed by atoms with Gasteiger partial charge in [0.05, 0.1) is 25.9 Å². The molecule has 0 N–H and O–H groups in total. The van der Waals surface area contributed by atoms with Crippen LogP contribution in [0.4, 0.5) is 0 Å². The lowest BCUT2D eigenvalue weighted by Gasteiger charge is -2.34. The molecule has 0 spiro atoms. The van der Waals surface area contributed by atoms with Crippen LogP contribution < -0.4 is 0 Å². The maximum atomic E-state index is 12.4. The highest BCUT2D eigenvalue weighted by molar-refractivity contribution is 5.69. The second-order valence-electron chi connectivity index (χ2n) is 20.3. The van der Waals surface area contributed by atoms with Gasteiger partial charge in [0.25, 0.3) is 0 Å². The van der Waals surface area contributed by atoms with Crippen molar-refractivity contribution in [3.05, 3.63) is 0 Å². The van der Waals surface area contributed by atoms with Gasteiger partial charge in [0.2, 0.25) is 0 Å². The molecule has 0 amide bonds. The molecule has 2 fully saturated rings. The molecule has 0 aromatic heterocycles. The van der Waals surface area contributed by atoms with Crippen molar-refractivity contribution < 1.29 is 28.5 Å². The van der Waals surface area contributed by atoms with E-state index in [1.165, 1.54) is 70.6 Å². The summed E-state index contributed by atoms with van der Waals surface area (Å²) in [5.74, 6) is 3.20. The number of piperazine rings is 1. The number of rotatable bonds is 36. The molecule has 342 valence electrons. The average molecular weight is 821 g/mol. The van der Waals surface area contributed by atoms with Crippen LogP contribution in [-0.4, -0.2) is 100 Å². The summed E-state index contributed by atoms with van der Waals surface area (Å²) in [5.41, 5.74) is 0. The maximum absolute atomic E-state index is 12.4. The molecule has 0 aliphatic carbocycles. The smallest absolute Gasteiger partial charge is 0.305 e. The highest BCUT2D eigenvalue weighted by atomic mass is 16.7. The molecule has 0 aromatic rings. The molecule has 8 nitrogen and oxygen atoms in total. The van der Waals surface area contributed by atoms with E-state index in [9.17, 15) is 9.59 Å². The second kappa shape index (κ2) is 31.7. The van der Waals surface area contributed by atoms with Crippen molar-refractivity contribution in [1.82, 2.24) is 9.80 Å². The van der Waals surface area contributed by atoms with Crippen molar-refractivity contribution in [3.8, 4) is 0 Å². The van der Waals surface area contributed by atoms with Crippen LogP contribution in [0.5, 0.6) is 0 Å². The van der Waals surface area contributed by atoms with Gasteiger partial charge in [0.1, 0.15) is 6.29 Å². The minimum atomic E-state index is -0.429. The van der Waals surface area contributed by atoms with E-state index in [0.717, 1.165) is 109 Å². The molecule has 2 heterocycles. The van der Waals surface area contributed by atoms with E-state index < -0.39 is 5.79 Å². The number of unbranched alkanes of at least 4 members (excludes halogenated alkanes) is 11. The Morgan fingerprint density at radius 1 is 0.655 bits per heavy atom. The molecule has 5 unspecified atom stereocenters. The highest BCUT2D eigenvalue weighted by Crippen LogP contribution is 2.35. The number of carbonyl (C=O) groups excluding carboxylic acids is 2. The first kappa shape index (κ1) is 53.1. The van der Waals surface area contributed by atoms with Crippen molar-refractivity contribution in [2.75, 3.05) is 66.2 Å². The van der Waals surface area contributed by atoms with Gasteiger partial charge in [0.15, 0.2) is 5.79 Å². The van der Waals surface area contributed by atoms with Gasteiger partial charge in [-0.1, -0.05) is 132 Å². The fraction of sp³-hybridized carbons (Fsp3) is 0.960. The van der Waals surface area contributed by atoms with Crippen LogP contribution in [0.15, 0.2) is 0 Å². The van der Waals surface area contributed by atoms with Crippen LogP contribution in [-0.2, 0) is 28.5 Å². The molecule has 0 bridgehead atoms. The minimum absolute atomic E-state index is 0.0186. The maximum Gasteiger partial charge on any atom is 0.305 e. The Hall–Kier alpha value is -1.06. The van der Waals surface area contributed by atoms with Crippen LogP contribution in [0, 0.1) is 41.4 Å². The topological polar surface area (TPSA) is 77.5 Å². The van der Waals surface area contributed by atoms with Gasteiger partial charge in [0, 0.05) is 64.5 Å². The predicted octanol–water partition coefficient (Wildman–Crippen LogP) is 11.8. The predicted molar refractivity (Wildman–Crippen MR) is 242 cm³/mol. The van der Waals surface area contributed by atoms with Gasteiger partial charge in [-0.2, -0.15) is 0 Å². The first-order chi connectivity index (χ1) is 27.8. The van der Waals surface area contributed by atoms with Crippen molar-refractivity contribution >= 4 is 12.3 Å². The molecule has 0 aromatic carbocycles. The number of esters is 1. The van der Waals surface area contributed by atoms with Crippen molar-refractivity contribution in [1.29, 1.82) is 0 Å². The summed E-state index contributed by atoms with van der Waals surface area (Å²) in [6.45, 7) is 26.2. The Morgan fingerprint density at radius 2 is 1.17 bits per heavy atom. The van der Waals surface area contributed by atoms with Crippen LogP contribution >= 0.6 is 0 Å². The Morgan fingerprint density at radius 3 is 1.71 bits per heavy atom. The van der Waals surface area contributed by atoms with Gasteiger partial charge in [-0.25, -0.2) is 0 Å². The minimum Gasteiger partial charge on any atom is -0.465 e. The van der Waals surface area contributed by atoms with Crippen molar-refractivity contribution in [2.45, 2.75) is 202 Å². The second-order valence-corrected chi connectivity index (χ2v) is 20.3. The molecular weight excluding hydrogens is 725 g/mol. The number of nitrogens with zero attached hydrogens (tertiary/aromatic N) is 2. The average Bonchev–Trinajstić information content (AvgIpc) is 3.58. The van der Waals surface area contributed by atoms with E-state index in [4.69, 9.17) is 18.9 Å². The Balaban J connectivity index is 1.65. The number of ether oxygens (including phenoxy) is 4. The standard InChI is InChI=1S/C50H96N2O6/c1-41(2)25-27-46(43(5)6)38-55-37-45(36-53)23-19-15-12-14-18-22-30-50(57-40-48(58-50)35-52-33-31-51(9)32-34-52)29-21-17-13-10-11-16-20-24-49(54)56-39-47(44(7)8)28-26-42(3)4/h36,41-48H,10-35,37-40H2,1-9H3. The summed E-state index contributed by atoms with van der Waals surface area (Å²) >= 11 is 0. The zero-order valence-electron chi connectivity index (χ0n) is 39.8. The fourth-order valence-electron chi connectivity index (χ4n) is 8.61. The quantitative estimate of drug-likeness (QED) is 0.0351. The van der Waals surface area contributed by atoms with E-state index in [0.29, 0.717) is 55.8 Å². The van der Waals surface area contributed by atoms with Crippen LogP contribution in [0.25, 0.3) is 0 Å². The molecule has 2 aliphatic heterocycles. The third-order valence-corrected chi connectivity index (χ3v) is 13.2. The number of hydrogen-bond donors (Lipinski definition) is 0. The summed E-state index contributed by atoms with van der Waals surface area (Å²) in [6.07, 6.45) is 24.6.